The molecule has 0 radical (unpaired) electrons. The predicted octanol–water partition coefficient (Wildman–Crippen LogP) is 4.02. The summed E-state index contributed by atoms with van der Waals surface area (Å²) in [4.78, 5) is 21.4. The van der Waals surface area contributed by atoms with E-state index in [1.54, 1.807) is 16.4 Å². The molecule has 0 fully saturated rings. The van der Waals surface area contributed by atoms with Crippen LogP contribution in [0.3, 0.4) is 0 Å². The highest BCUT2D eigenvalue weighted by atomic mass is 35.5. The number of aromatic nitrogens is 4. The van der Waals surface area contributed by atoms with Crippen molar-refractivity contribution in [2.45, 2.75) is 26.0 Å². The summed E-state index contributed by atoms with van der Waals surface area (Å²) < 4.78 is 1.63. The van der Waals surface area contributed by atoms with E-state index >= 15 is 0 Å². The molecule has 138 valence electrons. The molecule has 4 rings (SSSR count). The number of benzene rings is 1. The molecule has 6 nitrogen and oxygen atoms in total. The zero-order valence-corrected chi connectivity index (χ0v) is 16.7. The quantitative estimate of drug-likeness (QED) is 0.704. The van der Waals surface area contributed by atoms with Gasteiger partial charge in [0, 0.05) is 22.0 Å². The van der Waals surface area contributed by atoms with Crippen molar-refractivity contribution < 1.29 is 4.79 Å². The maximum Gasteiger partial charge on any atom is 0.252 e. The van der Waals surface area contributed by atoms with Crippen LogP contribution in [0, 0.1) is 20.8 Å². The first kappa shape index (κ1) is 18.0. The molecule has 0 bridgehead atoms. The van der Waals surface area contributed by atoms with Crippen molar-refractivity contribution in [3.8, 4) is 5.95 Å². The van der Waals surface area contributed by atoms with Crippen LogP contribution in [0.1, 0.15) is 33.5 Å². The van der Waals surface area contributed by atoms with Gasteiger partial charge in [-0.3, -0.25) is 4.79 Å². The largest absolute Gasteiger partial charge is 0.309 e. The molecule has 0 saturated carbocycles. The van der Waals surface area contributed by atoms with Crippen LogP contribution in [0.4, 0.5) is 5.82 Å². The summed E-state index contributed by atoms with van der Waals surface area (Å²) in [5.74, 6) is 1.35. The van der Waals surface area contributed by atoms with Crippen molar-refractivity contribution >= 4 is 35.1 Å². The normalized spacial score (nSPS) is 16.6. The Morgan fingerprint density at radius 1 is 1.19 bits per heavy atom. The van der Waals surface area contributed by atoms with Crippen molar-refractivity contribution in [2.75, 3.05) is 11.1 Å². The number of thioether (sulfide) groups is 1. The van der Waals surface area contributed by atoms with Crippen LogP contribution in [-0.2, 0) is 4.79 Å². The first-order chi connectivity index (χ1) is 12.9. The molecule has 1 aromatic carbocycles. The van der Waals surface area contributed by atoms with Gasteiger partial charge < -0.3 is 5.32 Å². The van der Waals surface area contributed by atoms with E-state index in [0.717, 1.165) is 28.2 Å². The fourth-order valence-corrected chi connectivity index (χ4v) is 4.64. The molecule has 8 heteroatoms. The second-order valence-electron chi connectivity index (χ2n) is 6.50. The van der Waals surface area contributed by atoms with E-state index in [9.17, 15) is 4.79 Å². The van der Waals surface area contributed by atoms with Crippen LogP contribution in [0.25, 0.3) is 5.95 Å². The molecule has 1 aliphatic rings. The molecule has 2 aromatic heterocycles. The number of nitrogens with one attached hydrogen (secondary N) is 1. The standard InChI is InChI=1S/C19H18ClN5OS/c1-10-7-11(2)22-19(21-10)25-18-16(12(3)24-25)17(27-9-15(26)23-18)13-5-4-6-14(20)8-13/h4-8,17H,9H2,1-3H3,(H,23,26)/t17-/m1/s1. The average Bonchev–Trinajstić information content (AvgIpc) is 2.81. The lowest BCUT2D eigenvalue weighted by Gasteiger charge is -2.15. The Bertz CT molecular complexity index is 1030. The van der Waals surface area contributed by atoms with Crippen molar-refractivity contribution in [3.63, 3.8) is 0 Å². The van der Waals surface area contributed by atoms with Gasteiger partial charge in [-0.2, -0.15) is 9.78 Å². The molecule has 0 saturated heterocycles. The second-order valence-corrected chi connectivity index (χ2v) is 8.03. The fourth-order valence-electron chi connectivity index (χ4n) is 3.26. The summed E-state index contributed by atoms with van der Waals surface area (Å²) in [7, 11) is 0. The molecule has 3 heterocycles. The van der Waals surface area contributed by atoms with Crippen molar-refractivity contribution in [1.82, 2.24) is 19.7 Å². The van der Waals surface area contributed by atoms with Gasteiger partial charge in [-0.15, -0.1) is 11.8 Å². The van der Waals surface area contributed by atoms with Crippen LogP contribution in [0.15, 0.2) is 30.3 Å². The lowest BCUT2D eigenvalue weighted by atomic mass is 10.0. The van der Waals surface area contributed by atoms with Gasteiger partial charge >= 0.3 is 0 Å². The Hall–Kier alpha value is -2.38. The van der Waals surface area contributed by atoms with Gasteiger partial charge in [0.25, 0.3) is 5.95 Å². The van der Waals surface area contributed by atoms with Gasteiger partial charge in [0.2, 0.25) is 5.91 Å². The molecule has 0 aliphatic carbocycles. The second kappa shape index (κ2) is 6.98. The third-order valence-corrected chi connectivity index (χ3v) is 5.82. The topological polar surface area (TPSA) is 72.7 Å². The van der Waals surface area contributed by atoms with Gasteiger partial charge in [-0.25, -0.2) is 9.97 Å². The molecule has 1 amide bonds. The number of anilines is 1. The number of nitrogens with zero attached hydrogens (tertiary/aromatic N) is 4. The highest BCUT2D eigenvalue weighted by Crippen LogP contribution is 2.44. The summed E-state index contributed by atoms with van der Waals surface area (Å²) >= 11 is 7.76. The summed E-state index contributed by atoms with van der Waals surface area (Å²) in [6.07, 6.45) is 0. The monoisotopic (exact) mass is 399 g/mol. The first-order valence-corrected chi connectivity index (χ1v) is 9.94. The van der Waals surface area contributed by atoms with Crippen LogP contribution in [0.2, 0.25) is 5.02 Å². The van der Waals surface area contributed by atoms with Gasteiger partial charge in [0.05, 0.1) is 16.7 Å². The molecule has 0 spiro atoms. The lowest BCUT2D eigenvalue weighted by Crippen LogP contribution is -2.17. The SMILES string of the molecule is Cc1cc(C)nc(-n2nc(C)c3c2NC(=O)CS[C@@H]3c2cccc(Cl)c2)n1. The summed E-state index contributed by atoms with van der Waals surface area (Å²) in [6, 6.07) is 9.62. The Balaban J connectivity index is 1.91. The predicted molar refractivity (Wildman–Crippen MR) is 108 cm³/mol. The van der Waals surface area contributed by atoms with E-state index in [1.165, 1.54) is 0 Å². The first-order valence-electron chi connectivity index (χ1n) is 8.51. The van der Waals surface area contributed by atoms with E-state index < -0.39 is 0 Å². The van der Waals surface area contributed by atoms with Crippen LogP contribution < -0.4 is 5.32 Å². The number of amides is 1. The summed E-state index contributed by atoms with van der Waals surface area (Å²) in [5.41, 5.74) is 4.51. The van der Waals surface area contributed by atoms with E-state index in [-0.39, 0.29) is 11.2 Å². The molecule has 1 atom stereocenters. The minimum atomic E-state index is -0.0729. The minimum Gasteiger partial charge on any atom is -0.309 e. The van der Waals surface area contributed by atoms with E-state index in [2.05, 4.69) is 20.4 Å². The molecule has 3 aromatic rings. The number of halogens is 1. The van der Waals surface area contributed by atoms with E-state index in [0.29, 0.717) is 22.5 Å². The Labute approximate surface area is 166 Å². The fraction of sp³-hybridized carbons (Fsp3) is 0.263. The average molecular weight is 400 g/mol. The molecule has 27 heavy (non-hydrogen) atoms. The zero-order valence-electron chi connectivity index (χ0n) is 15.2. The molecular formula is C19H18ClN5OS. The van der Waals surface area contributed by atoms with Crippen molar-refractivity contribution in [3.05, 3.63) is 63.6 Å². The highest BCUT2D eigenvalue weighted by Gasteiger charge is 2.31. The van der Waals surface area contributed by atoms with Gasteiger partial charge in [0.15, 0.2) is 0 Å². The number of aryl methyl sites for hydroxylation is 3. The highest BCUT2D eigenvalue weighted by molar-refractivity contribution is 8.00. The van der Waals surface area contributed by atoms with Crippen LogP contribution in [0.5, 0.6) is 0 Å². The number of carbonyl (C=O) groups is 1. The third kappa shape index (κ3) is 3.44. The number of hydrogen-bond acceptors (Lipinski definition) is 5. The summed E-state index contributed by atoms with van der Waals surface area (Å²) in [5, 5.41) is 8.25. The van der Waals surface area contributed by atoms with Crippen LogP contribution >= 0.6 is 23.4 Å². The smallest absolute Gasteiger partial charge is 0.252 e. The van der Waals surface area contributed by atoms with Crippen molar-refractivity contribution in [1.29, 1.82) is 0 Å². The molecule has 1 N–H and O–H groups in total. The van der Waals surface area contributed by atoms with Gasteiger partial charge in [-0.1, -0.05) is 23.7 Å². The Kier molecular flexibility index (Phi) is 4.65. The lowest BCUT2D eigenvalue weighted by molar-refractivity contribution is -0.113. The third-order valence-electron chi connectivity index (χ3n) is 4.32. The number of rotatable bonds is 2. The maximum atomic E-state index is 12.4. The number of carbonyl (C=O) groups excluding carboxylic acids is 1. The molecule has 0 unspecified atom stereocenters. The van der Waals surface area contributed by atoms with Gasteiger partial charge in [-0.05, 0) is 44.5 Å². The number of fused-ring (bicyclic) bond motifs is 1. The van der Waals surface area contributed by atoms with Crippen molar-refractivity contribution in [2.24, 2.45) is 0 Å². The molecular weight excluding hydrogens is 382 g/mol. The Morgan fingerprint density at radius 2 is 1.93 bits per heavy atom. The minimum absolute atomic E-state index is 0.0580. The van der Waals surface area contributed by atoms with E-state index in [1.807, 2.05) is 51.1 Å². The zero-order chi connectivity index (χ0) is 19.1. The summed E-state index contributed by atoms with van der Waals surface area (Å²) in [6.45, 7) is 5.76. The Morgan fingerprint density at radius 3 is 2.63 bits per heavy atom. The molecule has 1 aliphatic heterocycles. The maximum absolute atomic E-state index is 12.4. The van der Waals surface area contributed by atoms with Crippen LogP contribution in [-0.4, -0.2) is 31.4 Å². The van der Waals surface area contributed by atoms with Gasteiger partial charge in [0.1, 0.15) is 5.82 Å². The van der Waals surface area contributed by atoms with E-state index in [4.69, 9.17) is 11.6 Å². The number of hydrogen-bond donors (Lipinski definition) is 1.